The number of aliphatic hydroxyl groups excluding tert-OH is 3. The number of anilines is 1. The Morgan fingerprint density at radius 3 is 2.28 bits per heavy atom. The number of nitrogens with zero attached hydrogens (tertiary/aromatic N) is 5. The number of methoxy groups -OCH3 is 2. The lowest BCUT2D eigenvalue weighted by molar-refractivity contribution is -0.212. The number of ether oxygens (including phenoxy) is 5. The number of nitrogen functional groups attached to an aromatic ring is 1. The molecule has 2 aromatic heterocycles. The summed E-state index contributed by atoms with van der Waals surface area (Å²) in [6, 6.07) is 15.5. The number of nitriles is 1. The van der Waals surface area contributed by atoms with Crippen LogP contribution >= 0.6 is 0 Å². The van der Waals surface area contributed by atoms with E-state index in [1.807, 2.05) is 0 Å². The summed E-state index contributed by atoms with van der Waals surface area (Å²) in [5, 5.41) is 46.6. The Balaban J connectivity index is 0.000000269. The predicted molar refractivity (Wildman–Crippen MR) is 210 cm³/mol. The standard InChI is InChI=1S/C22H17N3O5.C16H25N7O8/c1-27-13-17(22(26)28-2)16-8-4-6-10-19(16)30-21-11-20(24-14-25-21)29-18-9-5-3-7-15(18)12-23;1-19-4-8(25)20-6(5-24)14(29)22-9-10(26)11(27)15(31-12(9)13(18)28)23-3-2-7(17)21-16(23)30/h3-11,13-14H,1-2H3;2-3,6,9-12,15,19,24,26-27H,4-5H2,1H3,(H2,18,28)(H,20,25)(H,22,29)(H2,17,21,30)/b17-13+;/t;6-,9+,10+,11-,12+,15-/m.1/s1. The molecule has 1 saturated heterocycles. The maximum Gasteiger partial charge on any atom is 0.351 e. The van der Waals surface area contributed by atoms with Crippen LogP contribution in [-0.2, 0) is 33.4 Å². The number of nitrogens with one attached hydrogen (secondary N) is 3. The van der Waals surface area contributed by atoms with Crippen LogP contribution in [-0.4, -0.2) is 123 Å². The topological polar surface area (TPSA) is 348 Å². The number of primary amides is 1. The maximum absolute atomic E-state index is 12.5. The number of aliphatic hydroxyl groups is 3. The fourth-order valence-electron chi connectivity index (χ4n) is 5.53. The van der Waals surface area contributed by atoms with Crippen molar-refractivity contribution in [3.05, 3.63) is 101 Å². The van der Waals surface area contributed by atoms with Crippen LogP contribution in [0.4, 0.5) is 5.82 Å². The van der Waals surface area contributed by atoms with Gasteiger partial charge in [0.05, 0.1) is 51.3 Å². The number of carbonyl (C=O) groups is 4. The minimum Gasteiger partial charge on any atom is -0.503 e. The fourth-order valence-corrected chi connectivity index (χ4v) is 5.53. The molecule has 0 spiro atoms. The van der Waals surface area contributed by atoms with Crippen molar-refractivity contribution in [3.63, 3.8) is 0 Å². The van der Waals surface area contributed by atoms with Gasteiger partial charge in [0.2, 0.25) is 29.5 Å². The van der Waals surface area contributed by atoms with Crippen molar-refractivity contribution in [1.82, 2.24) is 35.5 Å². The van der Waals surface area contributed by atoms with E-state index in [-0.39, 0.29) is 29.7 Å². The van der Waals surface area contributed by atoms with Gasteiger partial charge in [0.25, 0.3) is 0 Å². The first-order valence-electron chi connectivity index (χ1n) is 17.8. The van der Waals surface area contributed by atoms with Gasteiger partial charge in [-0.05, 0) is 31.3 Å². The second-order valence-electron chi connectivity index (χ2n) is 12.5. The highest BCUT2D eigenvalue weighted by Gasteiger charge is 2.49. The van der Waals surface area contributed by atoms with Crippen molar-refractivity contribution in [3.8, 4) is 29.3 Å². The fraction of sp³-hybridized carbons (Fsp3) is 0.289. The summed E-state index contributed by atoms with van der Waals surface area (Å²) in [4.78, 5) is 71.8. The molecule has 3 heterocycles. The zero-order valence-electron chi connectivity index (χ0n) is 32.7. The molecule has 0 saturated carbocycles. The predicted octanol–water partition coefficient (Wildman–Crippen LogP) is -1.80. The molecule has 1 fully saturated rings. The quantitative estimate of drug-likeness (QED) is 0.0372. The molecule has 1 aliphatic rings. The van der Waals surface area contributed by atoms with E-state index in [1.165, 1.54) is 46.0 Å². The first kappa shape index (κ1) is 46.2. The van der Waals surface area contributed by atoms with E-state index in [1.54, 1.807) is 48.5 Å². The van der Waals surface area contributed by atoms with Crippen molar-refractivity contribution in [2.24, 2.45) is 5.73 Å². The average molecular weight is 847 g/mol. The lowest BCUT2D eigenvalue weighted by atomic mass is 9.94. The van der Waals surface area contributed by atoms with Crippen LogP contribution in [0.1, 0.15) is 17.4 Å². The Kier molecular flexibility index (Phi) is 16.7. The van der Waals surface area contributed by atoms with E-state index in [9.17, 15) is 44.6 Å². The van der Waals surface area contributed by atoms with Crippen LogP contribution in [0.3, 0.4) is 0 Å². The van der Waals surface area contributed by atoms with E-state index in [0.29, 0.717) is 22.6 Å². The zero-order chi connectivity index (χ0) is 44.6. The number of para-hydroxylation sites is 2. The van der Waals surface area contributed by atoms with E-state index < -0.39 is 72.6 Å². The monoisotopic (exact) mass is 846 g/mol. The molecule has 4 aromatic rings. The normalized spacial score (nSPS) is 18.8. The summed E-state index contributed by atoms with van der Waals surface area (Å²) in [5.74, 6) is -2.26. The van der Waals surface area contributed by atoms with Crippen molar-refractivity contribution >= 4 is 35.1 Å². The summed E-state index contributed by atoms with van der Waals surface area (Å²) in [6.07, 6.45) is -3.17. The second-order valence-corrected chi connectivity index (χ2v) is 12.5. The van der Waals surface area contributed by atoms with Crippen molar-refractivity contribution < 1.29 is 58.2 Å². The molecule has 5 rings (SSSR count). The molecule has 61 heavy (non-hydrogen) atoms. The number of aromatic nitrogens is 4. The summed E-state index contributed by atoms with van der Waals surface area (Å²) < 4.78 is 27.6. The molecular weight excluding hydrogens is 804 g/mol. The van der Waals surface area contributed by atoms with E-state index in [0.717, 1.165) is 10.8 Å². The van der Waals surface area contributed by atoms with E-state index in [4.69, 9.17) is 35.2 Å². The van der Waals surface area contributed by atoms with Gasteiger partial charge in [-0.3, -0.25) is 19.0 Å². The Morgan fingerprint density at radius 2 is 1.67 bits per heavy atom. The molecule has 0 radical (unpaired) electrons. The highest BCUT2D eigenvalue weighted by atomic mass is 16.5. The molecule has 23 nitrogen and oxygen atoms in total. The Morgan fingerprint density at radius 1 is 1.02 bits per heavy atom. The highest BCUT2D eigenvalue weighted by molar-refractivity contribution is 6.17. The Labute approximate surface area is 346 Å². The molecule has 0 unspecified atom stereocenters. The molecule has 3 amide bonds. The average Bonchev–Trinajstić information content (AvgIpc) is 3.24. The van der Waals surface area contributed by atoms with Crippen LogP contribution in [0.25, 0.3) is 5.57 Å². The van der Waals surface area contributed by atoms with Crippen LogP contribution in [0.5, 0.6) is 23.3 Å². The Hall–Kier alpha value is -7.49. The van der Waals surface area contributed by atoms with Gasteiger partial charge < -0.3 is 66.4 Å². The lowest BCUT2D eigenvalue weighted by Crippen LogP contribution is -2.67. The third-order valence-electron chi connectivity index (χ3n) is 8.38. The van der Waals surface area contributed by atoms with Gasteiger partial charge in [0, 0.05) is 11.8 Å². The number of benzene rings is 2. The third-order valence-corrected chi connectivity index (χ3v) is 8.38. The first-order chi connectivity index (χ1) is 29.3. The molecular formula is C38H42N10O13. The third kappa shape index (κ3) is 12.0. The minimum atomic E-state index is -1.82. The molecule has 1 aliphatic heterocycles. The molecule has 6 atom stereocenters. The summed E-state index contributed by atoms with van der Waals surface area (Å²) in [6.45, 7) is -0.919. The van der Waals surface area contributed by atoms with Crippen molar-refractivity contribution in [2.75, 3.05) is 40.2 Å². The van der Waals surface area contributed by atoms with Gasteiger partial charge in [-0.2, -0.15) is 10.2 Å². The number of nitrogens with two attached hydrogens (primary N) is 2. The number of likely N-dealkylation sites (N-methyl/N-ethyl adjacent to an activating group) is 1. The minimum absolute atomic E-state index is 0.0981. The van der Waals surface area contributed by atoms with Gasteiger partial charge in [-0.15, -0.1) is 0 Å². The highest BCUT2D eigenvalue weighted by Crippen LogP contribution is 2.32. The maximum atomic E-state index is 12.5. The molecule has 0 bridgehead atoms. The summed E-state index contributed by atoms with van der Waals surface area (Å²) in [7, 11) is 4.21. The Bertz CT molecular complexity index is 2320. The largest absolute Gasteiger partial charge is 0.503 e. The van der Waals surface area contributed by atoms with Gasteiger partial charge in [0.15, 0.2) is 12.3 Å². The summed E-state index contributed by atoms with van der Waals surface area (Å²) in [5.41, 5.74) is 10.8. The molecule has 2 aromatic carbocycles. The van der Waals surface area contributed by atoms with Crippen LogP contribution < -0.4 is 42.6 Å². The van der Waals surface area contributed by atoms with Crippen molar-refractivity contribution in [1.29, 1.82) is 5.26 Å². The van der Waals surface area contributed by atoms with Gasteiger partial charge in [-0.1, -0.05) is 30.3 Å². The van der Waals surface area contributed by atoms with Crippen LogP contribution in [0.2, 0.25) is 0 Å². The first-order valence-corrected chi connectivity index (χ1v) is 17.8. The lowest BCUT2D eigenvalue weighted by Gasteiger charge is -2.42. The SMILES string of the molecule is CNCC(=O)N[C@H](CO)C(=O)N[C@H]1[C@H](O)[C@@H](O)[C@H](n2ccc(N)nc2=O)O[C@@H]1C(N)=O.CO/C=C(/C(=O)OC)c1ccccc1Oc1cc(Oc2ccccc2C#N)ncn1. The molecule has 322 valence electrons. The second kappa shape index (κ2) is 22.0. The van der Waals surface area contributed by atoms with Gasteiger partial charge in [-0.25, -0.2) is 19.6 Å². The van der Waals surface area contributed by atoms with Gasteiger partial charge >= 0.3 is 11.7 Å². The number of esters is 1. The van der Waals surface area contributed by atoms with Gasteiger partial charge in [0.1, 0.15) is 53.5 Å². The smallest absolute Gasteiger partial charge is 0.351 e. The van der Waals surface area contributed by atoms with Crippen LogP contribution in [0, 0.1) is 11.3 Å². The number of rotatable bonds is 15. The number of hydrogen-bond donors (Lipinski definition) is 8. The molecule has 23 heteroatoms. The summed E-state index contributed by atoms with van der Waals surface area (Å²) >= 11 is 0. The molecule has 10 N–H and O–H groups in total. The number of hydrogen-bond acceptors (Lipinski definition) is 19. The number of carbonyl (C=O) groups excluding carboxylic acids is 4. The van der Waals surface area contributed by atoms with Crippen LogP contribution in [0.15, 0.2) is 84.2 Å². The molecule has 0 aliphatic carbocycles. The van der Waals surface area contributed by atoms with Crippen molar-refractivity contribution in [2.45, 2.75) is 36.6 Å². The zero-order valence-corrected chi connectivity index (χ0v) is 32.7. The van der Waals surface area contributed by atoms with E-state index in [2.05, 4.69) is 37.0 Å². The number of amides is 3. The van der Waals surface area contributed by atoms with E-state index >= 15 is 0 Å².